The van der Waals surface area contributed by atoms with E-state index >= 15 is 0 Å². The summed E-state index contributed by atoms with van der Waals surface area (Å²) in [6.07, 6.45) is 2.45. The zero-order valence-corrected chi connectivity index (χ0v) is 10.9. The fourth-order valence-corrected chi connectivity index (χ4v) is 2.79. The van der Waals surface area contributed by atoms with Crippen LogP contribution in [0.1, 0.15) is 12.8 Å². The number of ether oxygens (including phenoxy) is 1. The zero-order valence-electron chi connectivity index (χ0n) is 9.24. The lowest BCUT2D eigenvalue weighted by Gasteiger charge is -2.27. The minimum absolute atomic E-state index is 0. The zero-order chi connectivity index (χ0) is 10.5. The number of nitrogens with one attached hydrogen (secondary N) is 2. The number of hydrogen-bond acceptors (Lipinski definition) is 4. The van der Waals surface area contributed by atoms with E-state index in [1.165, 1.54) is 11.5 Å². The molecule has 0 aromatic carbocycles. The van der Waals surface area contributed by atoms with Gasteiger partial charge >= 0.3 is 0 Å². The van der Waals surface area contributed by atoms with Gasteiger partial charge in [-0.15, -0.1) is 12.4 Å². The van der Waals surface area contributed by atoms with Gasteiger partial charge in [0.15, 0.2) is 0 Å². The molecule has 0 atom stereocenters. The molecule has 2 rings (SSSR count). The standard InChI is InChI=1S/C10H18N2O2S.ClH/c13-10(7-14-9-5-11-6-9)12-8-1-3-15-4-2-8;/h8-9,11H,1-7H2,(H,12,13);1H. The van der Waals surface area contributed by atoms with Crippen LogP contribution in [0.5, 0.6) is 0 Å². The van der Waals surface area contributed by atoms with Crippen LogP contribution in [-0.2, 0) is 9.53 Å². The Morgan fingerprint density at radius 3 is 2.62 bits per heavy atom. The first kappa shape index (κ1) is 14.1. The molecule has 2 fully saturated rings. The Morgan fingerprint density at radius 2 is 2.06 bits per heavy atom. The molecule has 0 bridgehead atoms. The molecule has 2 aliphatic heterocycles. The van der Waals surface area contributed by atoms with Crippen LogP contribution in [0, 0.1) is 0 Å². The Labute approximate surface area is 107 Å². The summed E-state index contributed by atoms with van der Waals surface area (Å²) in [5.41, 5.74) is 0. The van der Waals surface area contributed by atoms with Crippen LogP contribution in [0.3, 0.4) is 0 Å². The first-order valence-corrected chi connectivity index (χ1v) is 6.69. The molecular formula is C10H19ClN2O2S. The summed E-state index contributed by atoms with van der Waals surface area (Å²) in [7, 11) is 0. The van der Waals surface area contributed by atoms with Crippen molar-refractivity contribution in [1.82, 2.24) is 10.6 Å². The monoisotopic (exact) mass is 266 g/mol. The summed E-state index contributed by atoms with van der Waals surface area (Å²) >= 11 is 1.97. The molecule has 0 radical (unpaired) electrons. The van der Waals surface area contributed by atoms with Crippen LogP contribution >= 0.6 is 24.2 Å². The average Bonchev–Trinajstić information content (AvgIpc) is 2.17. The summed E-state index contributed by atoms with van der Waals surface area (Å²) in [6, 6.07) is 0.377. The van der Waals surface area contributed by atoms with Crippen molar-refractivity contribution >= 4 is 30.1 Å². The number of rotatable bonds is 4. The molecule has 4 nitrogen and oxygen atoms in total. The topological polar surface area (TPSA) is 50.4 Å². The maximum atomic E-state index is 11.5. The molecule has 2 saturated heterocycles. The summed E-state index contributed by atoms with van der Waals surface area (Å²) in [6.45, 7) is 1.98. The Hall–Kier alpha value is 0.0300. The highest BCUT2D eigenvalue weighted by Crippen LogP contribution is 2.16. The molecule has 2 heterocycles. The van der Waals surface area contributed by atoms with Gasteiger partial charge in [0.05, 0.1) is 6.10 Å². The smallest absolute Gasteiger partial charge is 0.246 e. The van der Waals surface area contributed by atoms with Crippen LogP contribution in [-0.4, -0.2) is 49.3 Å². The Balaban J connectivity index is 0.00000128. The van der Waals surface area contributed by atoms with E-state index in [1.54, 1.807) is 0 Å². The predicted molar refractivity (Wildman–Crippen MR) is 68.3 cm³/mol. The summed E-state index contributed by atoms with van der Waals surface area (Å²) < 4.78 is 5.40. The van der Waals surface area contributed by atoms with Gasteiger partial charge in [0.25, 0.3) is 0 Å². The molecule has 0 aliphatic carbocycles. The average molecular weight is 267 g/mol. The number of thioether (sulfide) groups is 1. The van der Waals surface area contributed by atoms with E-state index in [2.05, 4.69) is 10.6 Å². The lowest BCUT2D eigenvalue weighted by molar-refractivity contribution is -0.129. The molecular weight excluding hydrogens is 248 g/mol. The van der Waals surface area contributed by atoms with E-state index in [-0.39, 0.29) is 31.0 Å². The highest BCUT2D eigenvalue weighted by Gasteiger charge is 2.20. The fraction of sp³-hybridized carbons (Fsp3) is 0.900. The highest BCUT2D eigenvalue weighted by molar-refractivity contribution is 7.99. The van der Waals surface area contributed by atoms with Crippen LogP contribution in [0.25, 0.3) is 0 Å². The predicted octanol–water partition coefficient (Wildman–Crippen LogP) is 0.408. The number of carbonyl (C=O) groups excluding carboxylic acids is 1. The van der Waals surface area contributed by atoms with E-state index in [0.717, 1.165) is 25.9 Å². The van der Waals surface area contributed by atoms with Crippen molar-refractivity contribution < 1.29 is 9.53 Å². The molecule has 0 aromatic heterocycles. The van der Waals surface area contributed by atoms with E-state index in [9.17, 15) is 4.79 Å². The van der Waals surface area contributed by atoms with Crippen LogP contribution in [0.15, 0.2) is 0 Å². The lowest BCUT2D eigenvalue weighted by Crippen LogP contribution is -2.50. The first-order valence-electron chi connectivity index (χ1n) is 5.54. The number of amides is 1. The minimum atomic E-state index is 0. The van der Waals surface area contributed by atoms with Gasteiger partial charge in [-0.25, -0.2) is 0 Å². The second kappa shape index (κ2) is 7.37. The Bertz CT molecular complexity index is 221. The third kappa shape index (κ3) is 4.49. The van der Waals surface area contributed by atoms with Crippen molar-refractivity contribution in [2.75, 3.05) is 31.2 Å². The third-order valence-electron chi connectivity index (χ3n) is 2.78. The Morgan fingerprint density at radius 1 is 1.38 bits per heavy atom. The van der Waals surface area contributed by atoms with Gasteiger partial charge in [0, 0.05) is 19.1 Å². The van der Waals surface area contributed by atoms with Crippen molar-refractivity contribution in [2.24, 2.45) is 0 Å². The molecule has 2 aliphatic rings. The number of carbonyl (C=O) groups is 1. The summed E-state index contributed by atoms with van der Waals surface area (Å²) in [4.78, 5) is 11.5. The van der Waals surface area contributed by atoms with Crippen molar-refractivity contribution in [3.8, 4) is 0 Å². The molecule has 1 amide bonds. The van der Waals surface area contributed by atoms with Gasteiger partial charge < -0.3 is 15.4 Å². The Kier molecular flexibility index (Phi) is 6.49. The molecule has 94 valence electrons. The lowest BCUT2D eigenvalue weighted by atomic mass is 10.1. The van der Waals surface area contributed by atoms with Crippen LogP contribution in [0.4, 0.5) is 0 Å². The second-order valence-electron chi connectivity index (χ2n) is 4.05. The first-order chi connectivity index (χ1) is 7.34. The van der Waals surface area contributed by atoms with Crippen LogP contribution in [0.2, 0.25) is 0 Å². The maximum absolute atomic E-state index is 11.5. The molecule has 0 unspecified atom stereocenters. The molecule has 0 aromatic rings. The van der Waals surface area contributed by atoms with Gasteiger partial charge in [-0.05, 0) is 24.3 Å². The highest BCUT2D eigenvalue weighted by atomic mass is 35.5. The molecule has 0 saturated carbocycles. The van der Waals surface area contributed by atoms with Crippen molar-refractivity contribution in [1.29, 1.82) is 0 Å². The maximum Gasteiger partial charge on any atom is 0.246 e. The summed E-state index contributed by atoms with van der Waals surface area (Å²) in [5, 5.41) is 6.13. The largest absolute Gasteiger partial charge is 0.366 e. The van der Waals surface area contributed by atoms with Crippen molar-refractivity contribution in [3.05, 3.63) is 0 Å². The van der Waals surface area contributed by atoms with Gasteiger partial charge in [-0.2, -0.15) is 11.8 Å². The molecule has 16 heavy (non-hydrogen) atoms. The molecule has 2 N–H and O–H groups in total. The normalized spacial score (nSPS) is 22.0. The third-order valence-corrected chi connectivity index (χ3v) is 3.83. The van der Waals surface area contributed by atoms with Gasteiger partial charge in [-0.3, -0.25) is 4.79 Å². The van der Waals surface area contributed by atoms with Gasteiger partial charge in [-0.1, -0.05) is 0 Å². The van der Waals surface area contributed by atoms with Crippen molar-refractivity contribution in [3.63, 3.8) is 0 Å². The van der Waals surface area contributed by atoms with E-state index in [0.29, 0.717) is 6.04 Å². The second-order valence-corrected chi connectivity index (χ2v) is 5.27. The minimum Gasteiger partial charge on any atom is -0.366 e. The van der Waals surface area contributed by atoms with Crippen molar-refractivity contribution in [2.45, 2.75) is 25.0 Å². The van der Waals surface area contributed by atoms with Crippen LogP contribution < -0.4 is 10.6 Å². The van der Waals surface area contributed by atoms with Gasteiger partial charge in [0.1, 0.15) is 6.61 Å². The van der Waals surface area contributed by atoms with E-state index < -0.39 is 0 Å². The van der Waals surface area contributed by atoms with E-state index in [1.807, 2.05) is 11.8 Å². The molecule has 0 spiro atoms. The SMILES string of the molecule is Cl.O=C(COC1CNC1)NC1CCSCC1. The number of halogens is 1. The summed E-state index contributed by atoms with van der Waals surface area (Å²) in [5.74, 6) is 2.37. The van der Waals surface area contributed by atoms with E-state index in [4.69, 9.17) is 4.74 Å². The molecule has 6 heteroatoms. The van der Waals surface area contributed by atoms with Gasteiger partial charge in [0.2, 0.25) is 5.91 Å². The quantitative estimate of drug-likeness (QED) is 0.774. The fourth-order valence-electron chi connectivity index (χ4n) is 1.68. The number of hydrogen-bond donors (Lipinski definition) is 2.